The number of hydrogen-bond acceptors (Lipinski definition) is 4. The average molecular weight is 323 g/mol. The van der Waals surface area contributed by atoms with Crippen molar-refractivity contribution in [3.63, 3.8) is 0 Å². The molecule has 2 aromatic heterocycles. The van der Waals surface area contributed by atoms with Gasteiger partial charge in [0.05, 0.1) is 4.88 Å². The van der Waals surface area contributed by atoms with E-state index in [9.17, 15) is 14.7 Å². The Balaban J connectivity index is 1.73. The lowest BCUT2D eigenvalue weighted by molar-refractivity contribution is -0.141. The summed E-state index contributed by atoms with van der Waals surface area (Å²) < 4.78 is 2.16. The van der Waals surface area contributed by atoms with Crippen molar-refractivity contribution < 1.29 is 14.7 Å². The molecule has 1 aliphatic carbocycles. The van der Waals surface area contributed by atoms with Crippen molar-refractivity contribution in [1.29, 1.82) is 0 Å². The zero-order valence-corrected chi connectivity index (χ0v) is 13.1. The molecule has 0 spiro atoms. The summed E-state index contributed by atoms with van der Waals surface area (Å²) in [5.74, 6) is -1.13. The number of rotatable bonds is 4. The van der Waals surface area contributed by atoms with Crippen LogP contribution in [0, 0.1) is 5.92 Å². The van der Waals surface area contributed by atoms with Gasteiger partial charge in [0.1, 0.15) is 6.04 Å². The van der Waals surface area contributed by atoms with E-state index in [-0.39, 0.29) is 11.8 Å². The molecule has 1 saturated carbocycles. The summed E-state index contributed by atoms with van der Waals surface area (Å²) in [5, 5.41) is 14.1. The molecule has 1 amide bonds. The molecule has 4 nitrogen and oxygen atoms in total. The van der Waals surface area contributed by atoms with Crippen LogP contribution < -0.4 is 5.32 Å². The third-order valence-electron chi connectivity index (χ3n) is 4.04. The largest absolute Gasteiger partial charge is 0.480 e. The molecule has 6 heteroatoms. The predicted molar refractivity (Wildman–Crippen MR) is 85.2 cm³/mol. The molecule has 112 valence electrons. The van der Waals surface area contributed by atoms with Crippen LogP contribution in [0.25, 0.3) is 9.40 Å². The predicted octanol–water partition coefficient (Wildman–Crippen LogP) is 3.73. The number of thiophene rings is 2. The number of carboxylic acid groups (broad SMARTS) is 1. The van der Waals surface area contributed by atoms with Crippen molar-refractivity contribution in [3.8, 4) is 0 Å². The third-order valence-corrected chi connectivity index (χ3v) is 6.13. The number of aliphatic carboxylic acids is 1. The van der Waals surface area contributed by atoms with Crippen molar-refractivity contribution in [2.75, 3.05) is 0 Å². The first-order valence-corrected chi connectivity index (χ1v) is 8.85. The topological polar surface area (TPSA) is 66.4 Å². The first-order chi connectivity index (χ1) is 10.1. The molecular formula is C15H17NO3S2. The van der Waals surface area contributed by atoms with E-state index < -0.39 is 12.0 Å². The number of fused-ring (bicyclic) bond motifs is 1. The molecule has 21 heavy (non-hydrogen) atoms. The lowest BCUT2D eigenvalue weighted by Crippen LogP contribution is -2.46. The summed E-state index contributed by atoms with van der Waals surface area (Å²) in [5.41, 5.74) is 0. The highest BCUT2D eigenvalue weighted by Gasteiger charge is 2.31. The second-order valence-corrected chi connectivity index (χ2v) is 7.48. The van der Waals surface area contributed by atoms with Gasteiger partial charge in [0.2, 0.25) is 0 Å². The zero-order chi connectivity index (χ0) is 14.8. The van der Waals surface area contributed by atoms with Gasteiger partial charge in [0.15, 0.2) is 0 Å². The van der Waals surface area contributed by atoms with E-state index in [0.717, 1.165) is 41.5 Å². The molecule has 3 rings (SSSR count). The molecule has 0 bridgehead atoms. The van der Waals surface area contributed by atoms with Gasteiger partial charge in [-0.3, -0.25) is 4.79 Å². The highest BCUT2D eigenvalue weighted by molar-refractivity contribution is 7.27. The summed E-state index contributed by atoms with van der Waals surface area (Å²) in [6, 6.07) is 3.06. The van der Waals surface area contributed by atoms with Gasteiger partial charge in [-0.1, -0.05) is 19.3 Å². The zero-order valence-electron chi connectivity index (χ0n) is 11.5. The molecule has 1 aliphatic rings. The minimum atomic E-state index is -0.923. The lowest BCUT2D eigenvalue weighted by Gasteiger charge is -2.27. The van der Waals surface area contributed by atoms with Crippen LogP contribution in [0.3, 0.4) is 0 Å². The monoisotopic (exact) mass is 323 g/mol. The molecule has 1 unspecified atom stereocenters. The molecule has 2 aromatic rings. The van der Waals surface area contributed by atoms with E-state index in [1.165, 1.54) is 11.3 Å². The van der Waals surface area contributed by atoms with Crippen LogP contribution in [-0.4, -0.2) is 23.0 Å². The van der Waals surface area contributed by atoms with Crippen molar-refractivity contribution in [1.82, 2.24) is 5.32 Å². The van der Waals surface area contributed by atoms with E-state index in [4.69, 9.17) is 0 Å². The minimum Gasteiger partial charge on any atom is -0.480 e. The second kappa shape index (κ2) is 6.15. The Morgan fingerprint density at radius 1 is 1.24 bits per heavy atom. The highest BCUT2D eigenvalue weighted by Crippen LogP contribution is 2.31. The van der Waals surface area contributed by atoms with Crippen LogP contribution >= 0.6 is 22.7 Å². The normalized spacial score (nSPS) is 17.7. The van der Waals surface area contributed by atoms with Crippen LogP contribution in [0.1, 0.15) is 41.8 Å². The fraction of sp³-hybridized carbons (Fsp3) is 0.467. The SMILES string of the molecule is O=C(NC(C(=O)O)C1CCCCC1)c1cc2sccc2s1. The molecule has 2 N–H and O–H groups in total. The fourth-order valence-electron chi connectivity index (χ4n) is 2.94. The van der Waals surface area contributed by atoms with Gasteiger partial charge in [-0.05, 0) is 36.3 Å². The van der Waals surface area contributed by atoms with Crippen molar-refractivity contribution in [2.45, 2.75) is 38.1 Å². The van der Waals surface area contributed by atoms with E-state index >= 15 is 0 Å². The highest BCUT2D eigenvalue weighted by atomic mass is 32.1. The van der Waals surface area contributed by atoms with E-state index in [1.54, 1.807) is 11.3 Å². The van der Waals surface area contributed by atoms with Crippen LogP contribution in [0.2, 0.25) is 0 Å². The maximum Gasteiger partial charge on any atom is 0.326 e. The smallest absolute Gasteiger partial charge is 0.326 e. The molecule has 0 aliphatic heterocycles. The van der Waals surface area contributed by atoms with Crippen LogP contribution in [0.15, 0.2) is 17.5 Å². The van der Waals surface area contributed by atoms with E-state index in [2.05, 4.69) is 5.32 Å². The van der Waals surface area contributed by atoms with Crippen LogP contribution in [0.4, 0.5) is 0 Å². The Kier molecular flexibility index (Phi) is 4.26. The number of carbonyl (C=O) groups is 2. The Hall–Kier alpha value is -1.40. The number of amides is 1. The lowest BCUT2D eigenvalue weighted by atomic mass is 9.84. The molecule has 0 radical (unpaired) electrons. The second-order valence-electron chi connectivity index (χ2n) is 5.45. The van der Waals surface area contributed by atoms with Gasteiger partial charge in [-0.15, -0.1) is 22.7 Å². The van der Waals surface area contributed by atoms with Crippen LogP contribution in [-0.2, 0) is 4.79 Å². The van der Waals surface area contributed by atoms with E-state index in [0.29, 0.717) is 4.88 Å². The number of hydrogen-bond donors (Lipinski definition) is 2. The molecule has 2 heterocycles. The number of carboxylic acids is 1. The molecular weight excluding hydrogens is 306 g/mol. The summed E-state index contributed by atoms with van der Waals surface area (Å²) in [7, 11) is 0. The van der Waals surface area contributed by atoms with Crippen molar-refractivity contribution >= 4 is 43.9 Å². The van der Waals surface area contributed by atoms with Gasteiger partial charge >= 0.3 is 5.97 Å². The maximum atomic E-state index is 12.3. The molecule has 0 saturated heterocycles. The first kappa shape index (κ1) is 14.5. The molecule has 0 aromatic carbocycles. The Labute approximate surface area is 130 Å². The number of carbonyl (C=O) groups excluding carboxylic acids is 1. The van der Waals surface area contributed by atoms with Gasteiger partial charge in [0, 0.05) is 9.40 Å². The van der Waals surface area contributed by atoms with Crippen molar-refractivity contribution in [3.05, 3.63) is 22.4 Å². The summed E-state index contributed by atoms with van der Waals surface area (Å²) in [4.78, 5) is 24.4. The Morgan fingerprint density at radius 3 is 2.67 bits per heavy atom. The van der Waals surface area contributed by atoms with Gasteiger partial charge in [-0.2, -0.15) is 0 Å². The maximum absolute atomic E-state index is 12.3. The summed E-state index contributed by atoms with van der Waals surface area (Å²) in [6.45, 7) is 0. The van der Waals surface area contributed by atoms with E-state index in [1.807, 2.05) is 17.5 Å². The fourth-order valence-corrected chi connectivity index (χ4v) is 4.95. The minimum absolute atomic E-state index is 0.0567. The van der Waals surface area contributed by atoms with Gasteiger partial charge in [0.25, 0.3) is 5.91 Å². The molecule has 1 fully saturated rings. The number of nitrogens with one attached hydrogen (secondary N) is 1. The van der Waals surface area contributed by atoms with Gasteiger partial charge < -0.3 is 10.4 Å². The Bertz CT molecular complexity index is 626. The van der Waals surface area contributed by atoms with Gasteiger partial charge in [-0.25, -0.2) is 4.79 Å². The quantitative estimate of drug-likeness (QED) is 0.901. The molecule has 1 atom stereocenters. The van der Waals surface area contributed by atoms with Crippen LogP contribution in [0.5, 0.6) is 0 Å². The summed E-state index contributed by atoms with van der Waals surface area (Å²) in [6.07, 6.45) is 5.05. The third kappa shape index (κ3) is 3.11. The first-order valence-electron chi connectivity index (χ1n) is 7.16. The summed E-state index contributed by atoms with van der Waals surface area (Å²) >= 11 is 3.01. The van der Waals surface area contributed by atoms with Crippen molar-refractivity contribution in [2.24, 2.45) is 5.92 Å². The average Bonchev–Trinajstić information content (AvgIpc) is 3.06. The standard InChI is InChI=1S/C15H17NO3S2/c17-14(12-8-11-10(21-12)6-7-20-11)16-13(15(18)19)9-4-2-1-3-5-9/h6-9,13H,1-5H2,(H,16,17)(H,18,19). The Morgan fingerprint density at radius 2 is 2.00 bits per heavy atom.